The molecule has 0 aromatic carbocycles. The third kappa shape index (κ3) is 4.56. The second kappa shape index (κ2) is 7.21. The number of hydrogen-bond acceptors (Lipinski definition) is 6. The van der Waals surface area contributed by atoms with E-state index in [1.807, 2.05) is 20.8 Å². The highest BCUT2D eigenvalue weighted by atomic mass is 16.5. The zero-order valence-corrected chi connectivity index (χ0v) is 12.7. The van der Waals surface area contributed by atoms with Crippen molar-refractivity contribution < 1.29 is 14.3 Å². The molecule has 7 nitrogen and oxygen atoms in total. The van der Waals surface area contributed by atoms with Gasteiger partial charge < -0.3 is 19.7 Å². The predicted octanol–water partition coefficient (Wildman–Crippen LogP) is 0.923. The van der Waals surface area contributed by atoms with Crippen molar-refractivity contribution in [3.63, 3.8) is 0 Å². The van der Waals surface area contributed by atoms with Crippen molar-refractivity contribution in [2.45, 2.75) is 32.9 Å². The molecule has 1 aliphatic heterocycles. The molecule has 0 radical (unpaired) electrons. The Hall–Kier alpha value is -1.89. The fourth-order valence-corrected chi connectivity index (χ4v) is 2.07. The molecule has 1 atom stereocenters. The Bertz CT molecular complexity index is 475. The monoisotopic (exact) mass is 294 g/mol. The van der Waals surface area contributed by atoms with Gasteiger partial charge in [0.15, 0.2) is 0 Å². The second-order valence-corrected chi connectivity index (χ2v) is 5.21. The number of carbonyl (C=O) groups excluding carboxylic acids is 1. The van der Waals surface area contributed by atoms with Crippen LogP contribution < -0.4 is 10.1 Å². The van der Waals surface area contributed by atoms with Crippen LogP contribution in [0.4, 0.5) is 5.82 Å². The van der Waals surface area contributed by atoms with Crippen LogP contribution in [-0.2, 0) is 9.53 Å². The van der Waals surface area contributed by atoms with Gasteiger partial charge in [-0.1, -0.05) is 0 Å². The highest BCUT2D eigenvalue weighted by molar-refractivity contribution is 5.84. The number of rotatable bonds is 5. The molecule has 1 amide bonds. The Kier molecular flexibility index (Phi) is 5.32. The number of hydrogen-bond donors (Lipinski definition) is 1. The van der Waals surface area contributed by atoms with Crippen LogP contribution in [0.15, 0.2) is 12.4 Å². The van der Waals surface area contributed by atoms with Gasteiger partial charge in [-0.3, -0.25) is 4.79 Å². The van der Waals surface area contributed by atoms with Crippen LogP contribution in [-0.4, -0.2) is 59.2 Å². The minimum atomic E-state index is -0.357. The van der Waals surface area contributed by atoms with Crippen LogP contribution >= 0.6 is 0 Å². The first kappa shape index (κ1) is 15.5. The molecular weight excluding hydrogens is 272 g/mol. The maximum Gasteiger partial charge on any atom is 0.244 e. The van der Waals surface area contributed by atoms with Gasteiger partial charge in [-0.2, -0.15) is 0 Å². The minimum Gasteiger partial charge on any atom is -0.475 e. The molecule has 1 saturated heterocycles. The van der Waals surface area contributed by atoms with Crippen LogP contribution in [0.2, 0.25) is 0 Å². The molecule has 1 unspecified atom stereocenters. The predicted molar refractivity (Wildman–Crippen MR) is 78.3 cm³/mol. The molecule has 7 heteroatoms. The standard InChI is InChI=1S/C14H22N4O3/c1-10(2)21-13-8-12(15-9-16-13)17-11(3)14(19)18-4-6-20-7-5-18/h8-11H,4-7H2,1-3H3,(H,15,16,17). The van der Waals surface area contributed by atoms with Crippen LogP contribution in [0.25, 0.3) is 0 Å². The Morgan fingerprint density at radius 2 is 2.05 bits per heavy atom. The third-order valence-electron chi connectivity index (χ3n) is 3.06. The van der Waals surface area contributed by atoms with Crippen molar-refractivity contribution >= 4 is 11.7 Å². The van der Waals surface area contributed by atoms with Gasteiger partial charge >= 0.3 is 0 Å². The summed E-state index contributed by atoms with van der Waals surface area (Å²) >= 11 is 0. The maximum absolute atomic E-state index is 12.3. The Morgan fingerprint density at radius 3 is 2.71 bits per heavy atom. The van der Waals surface area contributed by atoms with E-state index in [1.165, 1.54) is 6.33 Å². The van der Waals surface area contributed by atoms with Gasteiger partial charge in [-0.05, 0) is 20.8 Å². The molecule has 2 rings (SSSR count). The number of morpholine rings is 1. The van der Waals surface area contributed by atoms with E-state index in [2.05, 4.69) is 15.3 Å². The lowest BCUT2D eigenvalue weighted by molar-refractivity contribution is -0.135. The zero-order chi connectivity index (χ0) is 15.2. The van der Waals surface area contributed by atoms with E-state index in [4.69, 9.17) is 9.47 Å². The molecule has 0 saturated carbocycles. The summed E-state index contributed by atoms with van der Waals surface area (Å²) in [6, 6.07) is 1.34. The number of nitrogens with one attached hydrogen (secondary N) is 1. The van der Waals surface area contributed by atoms with E-state index in [0.29, 0.717) is 38.0 Å². The molecule has 1 aromatic rings. The van der Waals surface area contributed by atoms with E-state index in [-0.39, 0.29) is 18.1 Å². The molecule has 0 spiro atoms. The SMILES string of the molecule is CC(C)Oc1cc(NC(C)C(=O)N2CCOCC2)ncn1. The van der Waals surface area contributed by atoms with Gasteiger partial charge in [-0.15, -0.1) is 0 Å². The number of anilines is 1. The second-order valence-electron chi connectivity index (χ2n) is 5.21. The lowest BCUT2D eigenvalue weighted by Gasteiger charge is -2.29. The van der Waals surface area contributed by atoms with Crippen LogP contribution in [0, 0.1) is 0 Å². The lowest BCUT2D eigenvalue weighted by Crippen LogP contribution is -2.47. The molecule has 0 aliphatic carbocycles. The molecule has 1 N–H and O–H groups in total. The van der Waals surface area contributed by atoms with E-state index >= 15 is 0 Å². The number of amides is 1. The maximum atomic E-state index is 12.3. The fraction of sp³-hybridized carbons (Fsp3) is 0.643. The lowest BCUT2D eigenvalue weighted by atomic mass is 10.2. The topological polar surface area (TPSA) is 76.6 Å². The molecule has 2 heterocycles. The molecule has 1 aromatic heterocycles. The average molecular weight is 294 g/mol. The van der Waals surface area contributed by atoms with Gasteiger partial charge in [0.05, 0.1) is 19.3 Å². The van der Waals surface area contributed by atoms with Crippen molar-refractivity contribution in [2.24, 2.45) is 0 Å². The van der Waals surface area contributed by atoms with Crippen LogP contribution in [0.3, 0.4) is 0 Å². The van der Waals surface area contributed by atoms with Gasteiger partial charge in [-0.25, -0.2) is 9.97 Å². The van der Waals surface area contributed by atoms with Crippen molar-refractivity contribution in [3.8, 4) is 5.88 Å². The van der Waals surface area contributed by atoms with Crippen LogP contribution in [0.5, 0.6) is 5.88 Å². The molecule has 116 valence electrons. The van der Waals surface area contributed by atoms with Crippen molar-refractivity contribution in [2.75, 3.05) is 31.6 Å². The highest BCUT2D eigenvalue weighted by Gasteiger charge is 2.22. The normalized spacial score (nSPS) is 16.7. The summed E-state index contributed by atoms with van der Waals surface area (Å²) in [6.45, 7) is 8.14. The van der Waals surface area contributed by atoms with Gasteiger partial charge in [0.1, 0.15) is 18.2 Å². The van der Waals surface area contributed by atoms with E-state index in [1.54, 1.807) is 11.0 Å². The largest absolute Gasteiger partial charge is 0.475 e. The first-order valence-corrected chi connectivity index (χ1v) is 7.18. The Labute approximate surface area is 124 Å². The average Bonchev–Trinajstić information content (AvgIpc) is 2.47. The smallest absolute Gasteiger partial charge is 0.244 e. The van der Waals surface area contributed by atoms with Gasteiger partial charge in [0, 0.05) is 19.2 Å². The Balaban J connectivity index is 1.95. The summed E-state index contributed by atoms with van der Waals surface area (Å²) in [7, 11) is 0. The van der Waals surface area contributed by atoms with E-state index in [0.717, 1.165) is 0 Å². The number of nitrogens with zero attached hydrogens (tertiary/aromatic N) is 3. The minimum absolute atomic E-state index is 0.0418. The summed E-state index contributed by atoms with van der Waals surface area (Å²) in [5.74, 6) is 1.12. The number of carbonyl (C=O) groups is 1. The first-order chi connectivity index (χ1) is 10.1. The van der Waals surface area contributed by atoms with E-state index < -0.39 is 0 Å². The molecule has 1 aliphatic rings. The highest BCUT2D eigenvalue weighted by Crippen LogP contribution is 2.14. The third-order valence-corrected chi connectivity index (χ3v) is 3.06. The summed E-state index contributed by atoms with van der Waals surface area (Å²) in [6.07, 6.45) is 1.46. The van der Waals surface area contributed by atoms with Gasteiger partial charge in [0.2, 0.25) is 11.8 Å². The van der Waals surface area contributed by atoms with Crippen molar-refractivity contribution in [1.29, 1.82) is 0 Å². The molecular formula is C14H22N4O3. The quantitative estimate of drug-likeness (QED) is 0.870. The first-order valence-electron chi connectivity index (χ1n) is 7.18. The Morgan fingerprint density at radius 1 is 1.33 bits per heavy atom. The number of aromatic nitrogens is 2. The number of ether oxygens (including phenoxy) is 2. The summed E-state index contributed by atoms with van der Waals surface area (Å²) < 4.78 is 10.8. The summed E-state index contributed by atoms with van der Waals surface area (Å²) in [4.78, 5) is 22.3. The summed E-state index contributed by atoms with van der Waals surface area (Å²) in [5, 5.41) is 3.09. The van der Waals surface area contributed by atoms with Gasteiger partial charge in [0.25, 0.3) is 0 Å². The molecule has 0 bridgehead atoms. The van der Waals surface area contributed by atoms with Crippen molar-refractivity contribution in [1.82, 2.24) is 14.9 Å². The molecule has 21 heavy (non-hydrogen) atoms. The zero-order valence-electron chi connectivity index (χ0n) is 12.7. The fourth-order valence-electron chi connectivity index (χ4n) is 2.07. The van der Waals surface area contributed by atoms with Crippen LogP contribution in [0.1, 0.15) is 20.8 Å². The van der Waals surface area contributed by atoms with E-state index in [9.17, 15) is 4.79 Å². The molecule has 1 fully saturated rings. The van der Waals surface area contributed by atoms with Crippen molar-refractivity contribution in [3.05, 3.63) is 12.4 Å². The summed E-state index contributed by atoms with van der Waals surface area (Å²) in [5.41, 5.74) is 0.